The van der Waals surface area contributed by atoms with Crippen LogP contribution < -0.4 is 0 Å². The fourth-order valence-electron chi connectivity index (χ4n) is 1.65. The summed E-state index contributed by atoms with van der Waals surface area (Å²) in [5.74, 6) is 1.74. The predicted molar refractivity (Wildman–Crippen MR) is 68.1 cm³/mol. The predicted octanol–water partition coefficient (Wildman–Crippen LogP) is 3.08. The summed E-state index contributed by atoms with van der Waals surface area (Å²) in [7, 11) is 1.64. The summed E-state index contributed by atoms with van der Waals surface area (Å²) >= 11 is 0. The van der Waals surface area contributed by atoms with E-state index in [4.69, 9.17) is 4.74 Å². The minimum absolute atomic E-state index is 0.665. The molecule has 0 saturated heterocycles. The van der Waals surface area contributed by atoms with E-state index in [2.05, 4.69) is 23.4 Å². The summed E-state index contributed by atoms with van der Waals surface area (Å²) in [5, 5.41) is 0. The molecular formula is C13H20N2O. The minimum atomic E-state index is 0.665. The zero-order valence-corrected chi connectivity index (χ0v) is 10.4. The van der Waals surface area contributed by atoms with Gasteiger partial charge in [0.2, 0.25) is 0 Å². The van der Waals surface area contributed by atoms with Gasteiger partial charge in [-0.15, -0.1) is 0 Å². The van der Waals surface area contributed by atoms with Gasteiger partial charge in [-0.05, 0) is 19.4 Å². The van der Waals surface area contributed by atoms with Crippen LogP contribution in [0.5, 0.6) is 0 Å². The van der Waals surface area contributed by atoms with Gasteiger partial charge in [-0.2, -0.15) is 0 Å². The smallest absolute Gasteiger partial charge is 0.135 e. The molecule has 16 heavy (non-hydrogen) atoms. The molecule has 3 nitrogen and oxygen atoms in total. The molecule has 0 amide bonds. The van der Waals surface area contributed by atoms with Crippen molar-refractivity contribution < 1.29 is 4.74 Å². The number of amidine groups is 1. The molecule has 3 heteroatoms. The van der Waals surface area contributed by atoms with Crippen LogP contribution in [-0.4, -0.2) is 24.4 Å². The number of ether oxygens (including phenoxy) is 1. The van der Waals surface area contributed by atoms with Crippen LogP contribution in [-0.2, 0) is 4.74 Å². The molecule has 88 valence electrons. The van der Waals surface area contributed by atoms with Gasteiger partial charge in [-0.1, -0.05) is 19.6 Å². The van der Waals surface area contributed by atoms with E-state index >= 15 is 0 Å². The summed E-state index contributed by atoms with van der Waals surface area (Å²) in [6, 6.07) is 0. The molecule has 0 aromatic rings. The average Bonchev–Trinajstić information content (AvgIpc) is 2.32. The van der Waals surface area contributed by atoms with E-state index in [1.54, 1.807) is 7.11 Å². The SMILES string of the molecule is C=C(OC)/C(=C\C)N1C=CCN=C1CCC. The van der Waals surface area contributed by atoms with Crippen molar-refractivity contribution in [2.45, 2.75) is 26.7 Å². The zero-order chi connectivity index (χ0) is 12.0. The van der Waals surface area contributed by atoms with Crippen molar-refractivity contribution in [1.29, 1.82) is 0 Å². The number of hydrogen-bond acceptors (Lipinski definition) is 3. The van der Waals surface area contributed by atoms with Crippen molar-refractivity contribution in [1.82, 2.24) is 4.90 Å². The molecule has 0 radical (unpaired) electrons. The highest BCUT2D eigenvalue weighted by atomic mass is 16.5. The van der Waals surface area contributed by atoms with Gasteiger partial charge in [0.15, 0.2) is 0 Å². The largest absolute Gasteiger partial charge is 0.495 e. The molecule has 0 atom stereocenters. The number of nitrogens with zero attached hydrogens (tertiary/aromatic N) is 2. The summed E-state index contributed by atoms with van der Waals surface area (Å²) in [6.45, 7) is 8.79. The van der Waals surface area contributed by atoms with Gasteiger partial charge in [-0.25, -0.2) is 0 Å². The molecule has 0 aliphatic carbocycles. The Morgan fingerprint density at radius 1 is 1.69 bits per heavy atom. The number of allylic oxidation sites excluding steroid dienone is 1. The Bertz CT molecular complexity index is 340. The van der Waals surface area contributed by atoms with E-state index in [-0.39, 0.29) is 0 Å². The molecule has 1 heterocycles. The monoisotopic (exact) mass is 220 g/mol. The minimum Gasteiger partial charge on any atom is -0.495 e. The van der Waals surface area contributed by atoms with Gasteiger partial charge < -0.3 is 9.64 Å². The van der Waals surface area contributed by atoms with E-state index in [9.17, 15) is 0 Å². The first-order chi connectivity index (χ1) is 7.74. The maximum absolute atomic E-state index is 5.19. The van der Waals surface area contributed by atoms with Crippen molar-refractivity contribution in [3.8, 4) is 0 Å². The second kappa shape index (κ2) is 6.16. The molecular weight excluding hydrogens is 200 g/mol. The van der Waals surface area contributed by atoms with Crippen molar-refractivity contribution in [2.75, 3.05) is 13.7 Å². The Hall–Kier alpha value is -1.51. The highest BCUT2D eigenvalue weighted by Crippen LogP contribution is 2.19. The lowest BCUT2D eigenvalue weighted by molar-refractivity contribution is 0.290. The first kappa shape index (κ1) is 12.6. The third kappa shape index (κ3) is 2.75. The molecule has 1 aliphatic heterocycles. The molecule has 0 fully saturated rings. The number of hydrogen-bond donors (Lipinski definition) is 0. The standard InChI is InChI=1S/C13H20N2O/c1-5-8-13-14-9-7-10-15(13)12(6-2)11(3)16-4/h6-7,10H,3,5,8-9H2,1-2,4H3/b12-6+. The quantitative estimate of drug-likeness (QED) is 0.525. The van der Waals surface area contributed by atoms with E-state index in [0.717, 1.165) is 30.9 Å². The third-order valence-corrected chi connectivity index (χ3v) is 2.45. The van der Waals surface area contributed by atoms with Gasteiger partial charge in [0, 0.05) is 12.6 Å². The third-order valence-electron chi connectivity index (χ3n) is 2.45. The highest BCUT2D eigenvalue weighted by molar-refractivity contribution is 5.86. The van der Waals surface area contributed by atoms with Crippen molar-refractivity contribution in [3.05, 3.63) is 36.4 Å². The lowest BCUT2D eigenvalue weighted by atomic mass is 10.2. The normalized spacial score (nSPS) is 16.1. The Balaban J connectivity index is 2.91. The Labute approximate surface area is 97.8 Å². The lowest BCUT2D eigenvalue weighted by Crippen LogP contribution is -2.28. The van der Waals surface area contributed by atoms with E-state index in [1.165, 1.54) is 0 Å². The van der Waals surface area contributed by atoms with Crippen molar-refractivity contribution >= 4 is 5.84 Å². The van der Waals surface area contributed by atoms with Crippen LogP contribution in [0.25, 0.3) is 0 Å². The summed E-state index contributed by atoms with van der Waals surface area (Å²) in [4.78, 5) is 6.56. The average molecular weight is 220 g/mol. The fourth-order valence-corrected chi connectivity index (χ4v) is 1.65. The summed E-state index contributed by atoms with van der Waals surface area (Å²) < 4.78 is 5.19. The van der Waals surface area contributed by atoms with Gasteiger partial charge in [-0.3, -0.25) is 4.99 Å². The van der Waals surface area contributed by atoms with E-state index < -0.39 is 0 Å². The molecule has 0 spiro atoms. The molecule has 0 saturated carbocycles. The first-order valence-electron chi connectivity index (χ1n) is 5.63. The second-order valence-corrected chi connectivity index (χ2v) is 3.56. The van der Waals surface area contributed by atoms with Gasteiger partial charge in [0.25, 0.3) is 0 Å². The maximum Gasteiger partial charge on any atom is 0.135 e. The molecule has 1 aliphatic rings. The fraction of sp³-hybridized carbons (Fsp3) is 0.462. The highest BCUT2D eigenvalue weighted by Gasteiger charge is 2.17. The van der Waals surface area contributed by atoms with Crippen molar-refractivity contribution in [3.63, 3.8) is 0 Å². The number of rotatable bonds is 5. The number of methoxy groups -OCH3 is 1. The van der Waals surface area contributed by atoms with Crippen LogP contribution in [0.4, 0.5) is 0 Å². The van der Waals surface area contributed by atoms with Crippen molar-refractivity contribution in [2.24, 2.45) is 4.99 Å². The zero-order valence-electron chi connectivity index (χ0n) is 10.4. The summed E-state index contributed by atoms with van der Waals surface area (Å²) in [5.41, 5.74) is 0.964. The molecule has 0 bridgehead atoms. The van der Waals surface area contributed by atoms with Crippen LogP contribution in [0.1, 0.15) is 26.7 Å². The van der Waals surface area contributed by atoms with Crippen LogP contribution in [0.3, 0.4) is 0 Å². The molecule has 0 unspecified atom stereocenters. The molecule has 0 N–H and O–H groups in total. The summed E-state index contributed by atoms with van der Waals surface area (Å²) in [6.07, 6.45) is 8.12. The molecule has 1 rings (SSSR count). The lowest BCUT2D eigenvalue weighted by Gasteiger charge is -2.27. The Kier molecular flexibility index (Phi) is 4.83. The topological polar surface area (TPSA) is 24.8 Å². The second-order valence-electron chi connectivity index (χ2n) is 3.56. The van der Waals surface area contributed by atoms with E-state index in [0.29, 0.717) is 5.76 Å². The molecule has 0 aromatic heterocycles. The van der Waals surface area contributed by atoms with Gasteiger partial charge in [0.05, 0.1) is 19.4 Å². The number of aliphatic imine (C=N–C) groups is 1. The van der Waals surface area contributed by atoms with E-state index in [1.807, 2.05) is 25.3 Å². The molecule has 0 aromatic carbocycles. The van der Waals surface area contributed by atoms with Crippen LogP contribution in [0, 0.1) is 0 Å². The van der Waals surface area contributed by atoms with Crippen LogP contribution >= 0.6 is 0 Å². The Morgan fingerprint density at radius 2 is 2.44 bits per heavy atom. The maximum atomic E-state index is 5.19. The van der Waals surface area contributed by atoms with Crippen LogP contribution in [0.2, 0.25) is 0 Å². The van der Waals surface area contributed by atoms with Gasteiger partial charge in [0.1, 0.15) is 11.6 Å². The van der Waals surface area contributed by atoms with Crippen LogP contribution in [0.15, 0.2) is 41.4 Å². The van der Waals surface area contributed by atoms with Gasteiger partial charge >= 0.3 is 0 Å². The first-order valence-corrected chi connectivity index (χ1v) is 5.63. The Morgan fingerprint density at radius 3 is 3.00 bits per heavy atom.